The first kappa shape index (κ1) is 25.9. The maximum Gasteiger partial charge on any atom is 0.435 e. The molecule has 1 amide bonds. The van der Waals surface area contributed by atoms with E-state index in [0.717, 1.165) is 5.56 Å². The van der Waals surface area contributed by atoms with Crippen molar-refractivity contribution in [3.05, 3.63) is 72.5 Å². The minimum absolute atomic E-state index is 0.102. The number of carbonyl (C=O) groups is 1. The van der Waals surface area contributed by atoms with Gasteiger partial charge in [0.2, 0.25) is 0 Å². The van der Waals surface area contributed by atoms with Crippen molar-refractivity contribution in [1.82, 2.24) is 29.5 Å². The second-order valence-electron chi connectivity index (χ2n) is 8.47. The van der Waals surface area contributed by atoms with Crippen molar-refractivity contribution in [3.63, 3.8) is 0 Å². The molecule has 3 aromatic heterocycles. The number of aromatic nitrogens is 5. The van der Waals surface area contributed by atoms with Crippen LogP contribution in [-0.4, -0.2) is 42.6 Å². The summed E-state index contributed by atoms with van der Waals surface area (Å²) in [5.74, 6) is 0.133. The number of hydrogen-bond acceptors (Lipinski definition) is 6. The summed E-state index contributed by atoms with van der Waals surface area (Å²) in [6, 6.07) is 5.11. The van der Waals surface area contributed by atoms with E-state index < -0.39 is 11.9 Å². The van der Waals surface area contributed by atoms with E-state index >= 15 is 0 Å². The third kappa shape index (κ3) is 5.33. The van der Waals surface area contributed by atoms with Crippen LogP contribution >= 0.6 is 0 Å². The molecule has 9 nitrogen and oxygen atoms in total. The zero-order chi connectivity index (χ0) is 26.7. The number of benzene rings is 1. The molecule has 0 radical (unpaired) electrons. The first-order valence-electron chi connectivity index (χ1n) is 11.6. The van der Waals surface area contributed by atoms with Gasteiger partial charge in [-0.1, -0.05) is 13.0 Å². The Labute approximate surface area is 211 Å². The van der Waals surface area contributed by atoms with E-state index in [2.05, 4.69) is 32.3 Å². The van der Waals surface area contributed by atoms with Crippen LogP contribution in [0.1, 0.15) is 35.5 Å². The first-order chi connectivity index (χ1) is 17.7. The molecule has 0 saturated heterocycles. The van der Waals surface area contributed by atoms with Gasteiger partial charge in [-0.25, -0.2) is 9.97 Å². The summed E-state index contributed by atoms with van der Waals surface area (Å²) >= 11 is 0. The fourth-order valence-electron chi connectivity index (χ4n) is 3.93. The van der Waals surface area contributed by atoms with Crippen molar-refractivity contribution in [1.29, 1.82) is 0 Å². The van der Waals surface area contributed by atoms with Crippen LogP contribution in [-0.2, 0) is 19.1 Å². The molecule has 4 aromatic rings. The number of fused-ring (bicyclic) bond motifs is 1. The second kappa shape index (κ2) is 10.4. The van der Waals surface area contributed by atoms with Crippen LogP contribution in [0.5, 0.6) is 0 Å². The predicted molar refractivity (Wildman–Crippen MR) is 134 cm³/mol. The number of halogens is 3. The van der Waals surface area contributed by atoms with E-state index in [1.807, 2.05) is 19.9 Å². The third-order valence-corrected chi connectivity index (χ3v) is 5.77. The molecule has 0 spiro atoms. The van der Waals surface area contributed by atoms with E-state index in [-0.39, 0.29) is 29.8 Å². The van der Waals surface area contributed by atoms with Crippen LogP contribution in [0.3, 0.4) is 0 Å². The summed E-state index contributed by atoms with van der Waals surface area (Å²) in [6.45, 7) is 7.78. The van der Waals surface area contributed by atoms with Crippen LogP contribution in [0.4, 0.5) is 24.7 Å². The zero-order valence-corrected chi connectivity index (χ0v) is 20.4. The molecule has 3 heterocycles. The number of nitrogens with two attached hydrogens (primary N) is 1. The fourth-order valence-corrected chi connectivity index (χ4v) is 3.93. The third-order valence-electron chi connectivity index (χ3n) is 5.77. The quantitative estimate of drug-likeness (QED) is 0.290. The molecule has 0 aliphatic heterocycles. The van der Waals surface area contributed by atoms with Crippen molar-refractivity contribution >= 4 is 23.1 Å². The average molecular weight is 513 g/mol. The lowest BCUT2D eigenvalue weighted by atomic mass is 10.0. The molecule has 1 unspecified atom stereocenters. The molecular formula is C25H27F3N8O. The van der Waals surface area contributed by atoms with E-state index in [0.29, 0.717) is 35.7 Å². The number of imidazole rings is 1. The lowest BCUT2D eigenvalue weighted by molar-refractivity contribution is -0.141. The van der Waals surface area contributed by atoms with E-state index in [1.165, 1.54) is 39.9 Å². The summed E-state index contributed by atoms with van der Waals surface area (Å²) in [5.41, 5.74) is 7.05. The predicted octanol–water partition coefficient (Wildman–Crippen LogP) is 4.18. The van der Waals surface area contributed by atoms with Gasteiger partial charge in [-0.15, -0.1) is 6.58 Å². The lowest BCUT2D eigenvalue weighted by Gasteiger charge is -2.15. The Morgan fingerprint density at radius 1 is 1.30 bits per heavy atom. The van der Waals surface area contributed by atoms with Crippen LogP contribution in [0.2, 0.25) is 0 Å². The Hall–Kier alpha value is -4.19. The maximum absolute atomic E-state index is 13.7. The van der Waals surface area contributed by atoms with Crippen molar-refractivity contribution in [2.24, 2.45) is 5.73 Å². The molecule has 37 heavy (non-hydrogen) atoms. The highest BCUT2D eigenvalue weighted by atomic mass is 19.4. The van der Waals surface area contributed by atoms with Crippen LogP contribution in [0.15, 0.2) is 55.6 Å². The van der Waals surface area contributed by atoms with Gasteiger partial charge >= 0.3 is 6.18 Å². The van der Waals surface area contributed by atoms with Gasteiger partial charge in [0.05, 0.1) is 24.0 Å². The smallest absolute Gasteiger partial charge is 0.348 e. The second-order valence-corrected chi connectivity index (χ2v) is 8.47. The van der Waals surface area contributed by atoms with Crippen molar-refractivity contribution in [2.45, 2.75) is 39.0 Å². The van der Waals surface area contributed by atoms with E-state index in [4.69, 9.17) is 5.73 Å². The number of nitrogens with one attached hydrogen (secondary N) is 2. The Morgan fingerprint density at radius 2 is 2.08 bits per heavy atom. The number of amides is 1. The standard InChI is InChI=1S/C25H27F3N8O/c1-4-9-35-14-19(21(34-35)25(26,27)28)20-13-31-23-22(30-8-10-36(20)23)33-17-6-7-18(16(5-2)11-17)24(37)32-15(3)12-29/h4,6-8,10-11,13-15H,1,5,9,12,29H2,2-3H3,(H,30,33)(H,32,37). The van der Waals surface area contributed by atoms with Gasteiger partial charge in [-0.3, -0.25) is 13.9 Å². The van der Waals surface area contributed by atoms with Gasteiger partial charge in [0.15, 0.2) is 17.2 Å². The largest absolute Gasteiger partial charge is 0.435 e. The van der Waals surface area contributed by atoms with Gasteiger partial charge in [0.25, 0.3) is 5.91 Å². The monoisotopic (exact) mass is 512 g/mol. The van der Waals surface area contributed by atoms with Crippen molar-refractivity contribution in [2.75, 3.05) is 11.9 Å². The Kier molecular flexibility index (Phi) is 7.30. The van der Waals surface area contributed by atoms with Gasteiger partial charge in [-0.05, 0) is 37.1 Å². The summed E-state index contributed by atoms with van der Waals surface area (Å²) in [5, 5.41) is 9.72. The summed E-state index contributed by atoms with van der Waals surface area (Å²) in [7, 11) is 0. The molecule has 4 rings (SSSR count). The number of aryl methyl sites for hydroxylation is 1. The topological polar surface area (TPSA) is 115 Å². The molecule has 0 saturated carbocycles. The summed E-state index contributed by atoms with van der Waals surface area (Å²) in [6.07, 6.45) is 3.12. The number of rotatable bonds is 9. The number of anilines is 2. The first-order valence-corrected chi connectivity index (χ1v) is 11.6. The molecule has 0 aliphatic rings. The molecule has 12 heteroatoms. The number of hydrogen-bond donors (Lipinski definition) is 3. The molecule has 4 N–H and O–H groups in total. The van der Waals surface area contributed by atoms with Gasteiger partial charge < -0.3 is 16.4 Å². The highest BCUT2D eigenvalue weighted by Crippen LogP contribution is 2.37. The Balaban J connectivity index is 1.69. The average Bonchev–Trinajstić information content (AvgIpc) is 3.49. The highest BCUT2D eigenvalue weighted by Gasteiger charge is 2.38. The van der Waals surface area contributed by atoms with E-state index in [9.17, 15) is 18.0 Å². The van der Waals surface area contributed by atoms with Gasteiger partial charge in [0.1, 0.15) is 0 Å². The molecular weight excluding hydrogens is 485 g/mol. The van der Waals surface area contributed by atoms with Gasteiger partial charge in [0, 0.05) is 42.4 Å². The fraction of sp³-hybridized carbons (Fsp3) is 0.280. The maximum atomic E-state index is 13.7. The van der Waals surface area contributed by atoms with Gasteiger partial charge in [-0.2, -0.15) is 18.3 Å². The number of carbonyl (C=O) groups excluding carboxylic acids is 1. The Morgan fingerprint density at radius 3 is 2.76 bits per heavy atom. The summed E-state index contributed by atoms with van der Waals surface area (Å²) in [4.78, 5) is 21.3. The van der Waals surface area contributed by atoms with Crippen molar-refractivity contribution in [3.8, 4) is 11.3 Å². The number of alkyl halides is 3. The van der Waals surface area contributed by atoms with Crippen LogP contribution in [0, 0.1) is 0 Å². The minimum Gasteiger partial charge on any atom is -0.348 e. The molecule has 1 atom stereocenters. The SMILES string of the molecule is C=CCn1cc(-c2cnc3c(Nc4ccc(C(=O)NC(C)CN)c(CC)c4)nccn23)c(C(F)(F)F)n1. The van der Waals surface area contributed by atoms with E-state index in [1.54, 1.807) is 12.1 Å². The zero-order valence-electron chi connectivity index (χ0n) is 20.4. The molecule has 1 aromatic carbocycles. The van der Waals surface area contributed by atoms with Crippen LogP contribution < -0.4 is 16.4 Å². The highest BCUT2D eigenvalue weighted by molar-refractivity contribution is 5.96. The minimum atomic E-state index is -4.65. The molecule has 194 valence electrons. The van der Waals surface area contributed by atoms with Crippen LogP contribution in [0.25, 0.3) is 16.9 Å². The molecule has 0 bridgehead atoms. The molecule has 0 fully saturated rings. The lowest BCUT2D eigenvalue weighted by Crippen LogP contribution is -2.38. The number of nitrogens with zero attached hydrogens (tertiary/aromatic N) is 5. The molecule has 0 aliphatic carbocycles. The Bertz CT molecular complexity index is 1440. The normalized spacial score (nSPS) is 12.5. The van der Waals surface area contributed by atoms with Crippen molar-refractivity contribution < 1.29 is 18.0 Å². The summed E-state index contributed by atoms with van der Waals surface area (Å²) < 4.78 is 43.9. The number of allylic oxidation sites excluding steroid dienone is 1.